The average Bonchev–Trinajstić information content (AvgIpc) is 3.27. The van der Waals surface area contributed by atoms with Gasteiger partial charge in [-0.25, -0.2) is 23.3 Å². The van der Waals surface area contributed by atoms with E-state index >= 15 is 0 Å². The lowest BCUT2D eigenvalue weighted by atomic mass is 10.2. The highest BCUT2D eigenvalue weighted by Crippen LogP contribution is 2.43. The summed E-state index contributed by atoms with van der Waals surface area (Å²) in [4.78, 5) is 16.1. The van der Waals surface area contributed by atoms with Gasteiger partial charge in [-0.15, -0.1) is 0 Å². The minimum atomic E-state index is -2.72. The van der Waals surface area contributed by atoms with Gasteiger partial charge in [0.1, 0.15) is 5.65 Å². The number of aromatic amines is 1. The van der Waals surface area contributed by atoms with Crippen molar-refractivity contribution in [2.75, 3.05) is 11.9 Å². The van der Waals surface area contributed by atoms with Gasteiger partial charge < -0.3 is 10.3 Å². The van der Waals surface area contributed by atoms with Gasteiger partial charge in [-0.3, -0.25) is 0 Å². The molecule has 1 aliphatic rings. The van der Waals surface area contributed by atoms with E-state index in [-0.39, 0.29) is 5.95 Å². The van der Waals surface area contributed by atoms with Crippen molar-refractivity contribution < 1.29 is 8.78 Å². The van der Waals surface area contributed by atoms with E-state index in [1.54, 1.807) is 23.1 Å². The number of hydrogen-bond acceptors (Lipinski definition) is 5. The molecule has 132 valence electrons. The van der Waals surface area contributed by atoms with E-state index in [1.807, 2.05) is 18.3 Å². The summed E-state index contributed by atoms with van der Waals surface area (Å²) in [6, 6.07) is 3.67. The molecular weight excluding hydrogens is 340 g/mol. The van der Waals surface area contributed by atoms with Crippen molar-refractivity contribution in [3.05, 3.63) is 36.9 Å². The van der Waals surface area contributed by atoms with Crippen LogP contribution in [0.1, 0.15) is 12.8 Å². The van der Waals surface area contributed by atoms with Gasteiger partial charge in [0.05, 0.1) is 18.4 Å². The Morgan fingerprint density at radius 3 is 3.00 bits per heavy atom. The van der Waals surface area contributed by atoms with Gasteiger partial charge in [0, 0.05) is 41.5 Å². The van der Waals surface area contributed by atoms with Gasteiger partial charge in [-0.05, 0) is 18.9 Å². The molecule has 0 atom stereocenters. The van der Waals surface area contributed by atoms with Crippen molar-refractivity contribution in [2.24, 2.45) is 5.92 Å². The van der Waals surface area contributed by atoms with Crippen LogP contribution < -0.4 is 5.32 Å². The first kappa shape index (κ1) is 15.2. The molecule has 0 radical (unpaired) electrons. The summed E-state index contributed by atoms with van der Waals surface area (Å²) in [5.41, 5.74) is 2.91. The lowest BCUT2D eigenvalue weighted by Crippen LogP contribution is -2.29. The van der Waals surface area contributed by atoms with Crippen LogP contribution in [-0.2, 0) is 0 Å². The summed E-state index contributed by atoms with van der Waals surface area (Å²) in [5, 5.41) is 7.55. The molecule has 4 heterocycles. The van der Waals surface area contributed by atoms with Crippen LogP contribution in [0.5, 0.6) is 0 Å². The van der Waals surface area contributed by atoms with Gasteiger partial charge in [0.15, 0.2) is 5.65 Å². The molecule has 7 nitrogen and oxygen atoms in total. The zero-order valence-corrected chi connectivity index (χ0v) is 13.7. The zero-order valence-electron chi connectivity index (χ0n) is 13.7. The number of H-pyrrole nitrogens is 1. The number of fused-ring (bicyclic) bond motifs is 2. The Hall–Kier alpha value is -3.10. The molecule has 0 amide bonds. The number of aromatic nitrogens is 6. The highest BCUT2D eigenvalue weighted by molar-refractivity contribution is 5.92. The Balaban J connectivity index is 1.43. The number of hydrogen-bond donors (Lipinski definition) is 2. The molecule has 0 aliphatic heterocycles. The number of nitrogens with zero attached hydrogens (tertiary/aromatic N) is 5. The van der Waals surface area contributed by atoms with Crippen LogP contribution in [0.2, 0.25) is 0 Å². The summed E-state index contributed by atoms with van der Waals surface area (Å²) in [6.45, 7) is -0.448. The lowest BCUT2D eigenvalue weighted by Gasteiger charge is -2.15. The fourth-order valence-corrected chi connectivity index (χ4v) is 3.01. The Bertz CT molecular complexity index is 1100. The van der Waals surface area contributed by atoms with E-state index in [9.17, 15) is 8.78 Å². The third kappa shape index (κ3) is 2.56. The minimum Gasteiger partial charge on any atom is -0.348 e. The van der Waals surface area contributed by atoms with Crippen LogP contribution in [-0.4, -0.2) is 42.0 Å². The number of nitrogens with one attached hydrogen (secondary N) is 2. The maximum atomic E-state index is 13.8. The normalized spacial score (nSPS) is 15.0. The van der Waals surface area contributed by atoms with Crippen LogP contribution in [0.25, 0.3) is 27.9 Å². The fraction of sp³-hybridized carbons (Fsp3) is 0.294. The highest BCUT2D eigenvalue weighted by atomic mass is 19.3. The second-order valence-electron chi connectivity index (χ2n) is 6.49. The molecule has 0 saturated heterocycles. The molecule has 0 bridgehead atoms. The number of alkyl halides is 2. The molecular formula is C17H15F2N7. The minimum absolute atomic E-state index is 0.186. The van der Waals surface area contributed by atoms with Crippen molar-refractivity contribution in [3.8, 4) is 11.3 Å². The molecule has 0 unspecified atom stereocenters. The maximum absolute atomic E-state index is 13.8. The predicted octanol–water partition coefficient (Wildman–Crippen LogP) is 3.12. The quantitative estimate of drug-likeness (QED) is 0.575. The van der Waals surface area contributed by atoms with Crippen molar-refractivity contribution >= 4 is 22.6 Å². The number of rotatable bonds is 5. The largest absolute Gasteiger partial charge is 0.348 e. The van der Waals surface area contributed by atoms with E-state index in [2.05, 4.69) is 30.4 Å². The van der Waals surface area contributed by atoms with Crippen molar-refractivity contribution in [2.45, 2.75) is 18.8 Å². The van der Waals surface area contributed by atoms with Crippen LogP contribution in [0.15, 0.2) is 36.9 Å². The van der Waals surface area contributed by atoms with Gasteiger partial charge in [-0.2, -0.15) is 10.1 Å². The zero-order chi connectivity index (χ0) is 17.7. The Labute approximate surface area is 146 Å². The first-order valence-corrected chi connectivity index (χ1v) is 8.37. The standard InChI is InChI=1S/C17H15F2N7/c18-17(19,10-1-2-10)9-22-16-21-8-12-11(7-20-15(12)25-16)13-4-6-26-14(24-13)3-5-23-26/h3-8,10H,1-2,9H2,(H2,20,21,22,25). The molecule has 4 aromatic rings. The fourth-order valence-electron chi connectivity index (χ4n) is 3.01. The summed E-state index contributed by atoms with van der Waals surface area (Å²) in [7, 11) is 0. The number of anilines is 1. The molecule has 1 fully saturated rings. The SMILES string of the molecule is FC(F)(CNc1ncc2c(-c3ccn4nccc4n3)c[nH]c2n1)C1CC1. The summed E-state index contributed by atoms with van der Waals surface area (Å²) < 4.78 is 29.3. The van der Waals surface area contributed by atoms with E-state index in [0.29, 0.717) is 18.5 Å². The Morgan fingerprint density at radius 1 is 1.27 bits per heavy atom. The molecule has 9 heteroatoms. The van der Waals surface area contributed by atoms with Crippen LogP contribution in [0, 0.1) is 5.92 Å². The maximum Gasteiger partial charge on any atom is 0.267 e. The van der Waals surface area contributed by atoms with Crippen molar-refractivity contribution in [1.29, 1.82) is 0 Å². The summed E-state index contributed by atoms with van der Waals surface area (Å²) >= 11 is 0. The van der Waals surface area contributed by atoms with Crippen molar-refractivity contribution in [3.63, 3.8) is 0 Å². The second-order valence-corrected chi connectivity index (χ2v) is 6.49. The predicted molar refractivity (Wildman–Crippen MR) is 92.0 cm³/mol. The summed E-state index contributed by atoms with van der Waals surface area (Å²) in [6.07, 6.45) is 8.09. The van der Waals surface area contributed by atoms with Crippen molar-refractivity contribution in [1.82, 2.24) is 29.5 Å². The Morgan fingerprint density at radius 2 is 2.15 bits per heavy atom. The first-order chi connectivity index (χ1) is 12.6. The van der Waals surface area contributed by atoms with Gasteiger partial charge in [-0.1, -0.05) is 0 Å². The molecule has 0 aromatic carbocycles. The molecule has 1 saturated carbocycles. The molecule has 5 rings (SSSR count). The molecule has 26 heavy (non-hydrogen) atoms. The number of halogens is 2. The van der Waals surface area contributed by atoms with Crippen LogP contribution >= 0.6 is 0 Å². The third-order valence-electron chi connectivity index (χ3n) is 4.62. The van der Waals surface area contributed by atoms with E-state index in [1.165, 1.54) is 0 Å². The van der Waals surface area contributed by atoms with Gasteiger partial charge >= 0.3 is 0 Å². The lowest BCUT2D eigenvalue weighted by molar-refractivity contribution is -0.00831. The van der Waals surface area contributed by atoms with E-state index in [0.717, 1.165) is 22.3 Å². The van der Waals surface area contributed by atoms with E-state index in [4.69, 9.17) is 0 Å². The molecule has 0 spiro atoms. The molecule has 2 N–H and O–H groups in total. The van der Waals surface area contributed by atoms with Crippen LogP contribution in [0.3, 0.4) is 0 Å². The van der Waals surface area contributed by atoms with Gasteiger partial charge in [0.25, 0.3) is 5.92 Å². The van der Waals surface area contributed by atoms with Gasteiger partial charge in [0.2, 0.25) is 5.95 Å². The third-order valence-corrected chi connectivity index (χ3v) is 4.62. The topological polar surface area (TPSA) is 83.8 Å². The Kier molecular flexibility index (Phi) is 3.18. The van der Waals surface area contributed by atoms with E-state index < -0.39 is 18.4 Å². The highest BCUT2D eigenvalue weighted by Gasteiger charge is 2.46. The average molecular weight is 355 g/mol. The monoisotopic (exact) mass is 355 g/mol. The second kappa shape index (κ2) is 5.45. The first-order valence-electron chi connectivity index (χ1n) is 8.37. The summed E-state index contributed by atoms with van der Waals surface area (Å²) in [5.74, 6) is -3.05. The molecule has 1 aliphatic carbocycles. The van der Waals surface area contributed by atoms with Crippen LogP contribution in [0.4, 0.5) is 14.7 Å². The smallest absolute Gasteiger partial charge is 0.267 e. The molecule has 4 aromatic heterocycles.